The minimum absolute atomic E-state index is 0.167. The van der Waals surface area contributed by atoms with Gasteiger partial charge in [-0.25, -0.2) is 0 Å². The Morgan fingerprint density at radius 2 is 1.43 bits per heavy atom. The molecule has 7 heavy (non-hydrogen) atoms. The predicted octanol–water partition coefficient (Wildman–Crippen LogP) is 1.76. The molecule has 0 heterocycles. The molecule has 0 aliphatic rings. The Morgan fingerprint density at radius 3 is 1.43 bits per heavy atom. The Balaban J connectivity index is 0. The zero-order chi connectivity index (χ0) is 6.28. The molecule has 0 aromatic carbocycles. The van der Waals surface area contributed by atoms with Crippen molar-refractivity contribution >= 4 is 19.4 Å². The Labute approximate surface area is 59.7 Å². The quantitative estimate of drug-likeness (QED) is 0.585. The molecule has 0 bridgehead atoms. The van der Waals surface area contributed by atoms with Gasteiger partial charge in [0.25, 0.3) is 0 Å². The molecule has 1 nitrogen and oxygen atoms in total. The predicted molar refractivity (Wildman–Crippen MR) is 29.1 cm³/mol. The molecule has 0 rings (SSSR count). The molecule has 0 fully saturated rings. The number of aliphatic hydroxyl groups excluding tert-OH is 1. The summed E-state index contributed by atoms with van der Waals surface area (Å²) in [7, 11) is 9.90. The van der Waals surface area contributed by atoms with E-state index < -0.39 is 15.1 Å². The molecule has 0 aliphatic heterocycles. The average molecular weight is 196 g/mol. The van der Waals surface area contributed by atoms with Crippen LogP contribution in [0.5, 0.6) is 0 Å². The fourth-order valence-corrected chi connectivity index (χ4v) is 0. The average Bonchev–Trinajstić information content (AvgIpc) is 1.33. The summed E-state index contributed by atoms with van der Waals surface area (Å²) >= 11 is -0.931. The van der Waals surface area contributed by atoms with Crippen molar-refractivity contribution in [3.05, 3.63) is 0 Å². The molecule has 1 N–H and O–H groups in total. The zero-order valence-corrected chi connectivity index (χ0v) is 8.97. The van der Waals surface area contributed by atoms with Gasteiger partial charge in [-0.2, -0.15) is 0 Å². The van der Waals surface area contributed by atoms with E-state index in [1.54, 1.807) is 13.8 Å². The molecule has 42 valence electrons. The van der Waals surface area contributed by atoms with Crippen LogP contribution in [0.1, 0.15) is 13.8 Å². The summed E-state index contributed by atoms with van der Waals surface area (Å²) in [5.74, 6) is 0. The van der Waals surface area contributed by atoms with Gasteiger partial charge in [0.1, 0.15) is 0 Å². The number of hydrogen-bond acceptors (Lipinski definition) is 1. The van der Waals surface area contributed by atoms with E-state index in [2.05, 4.69) is 0 Å². The SMILES string of the molecule is CC(C)O.[Cl][Zn][Cl]. The molecule has 0 saturated heterocycles. The van der Waals surface area contributed by atoms with Gasteiger partial charge in [-0.05, 0) is 13.8 Å². The number of aliphatic hydroxyl groups is 1. The van der Waals surface area contributed by atoms with Crippen LogP contribution in [0.25, 0.3) is 0 Å². The van der Waals surface area contributed by atoms with Crippen LogP contribution in [0.4, 0.5) is 0 Å². The summed E-state index contributed by atoms with van der Waals surface area (Å²) in [4.78, 5) is 0. The van der Waals surface area contributed by atoms with Crippen LogP contribution in [0, 0.1) is 0 Å². The fourth-order valence-electron chi connectivity index (χ4n) is 0. The van der Waals surface area contributed by atoms with Crippen molar-refractivity contribution in [3.8, 4) is 0 Å². The normalized spacial score (nSPS) is 6.57. The molecule has 0 aliphatic carbocycles. The Kier molecular flexibility index (Phi) is 16.1. The van der Waals surface area contributed by atoms with Crippen LogP contribution in [0.2, 0.25) is 0 Å². The van der Waals surface area contributed by atoms with Gasteiger partial charge in [-0.1, -0.05) is 0 Å². The van der Waals surface area contributed by atoms with Gasteiger partial charge in [0, 0.05) is 6.10 Å². The number of halogens is 2. The third kappa shape index (κ3) is 141. The topological polar surface area (TPSA) is 20.2 Å². The van der Waals surface area contributed by atoms with Crippen LogP contribution in [0.3, 0.4) is 0 Å². The Hall–Kier alpha value is 1.16. The summed E-state index contributed by atoms with van der Waals surface area (Å²) in [6.45, 7) is 3.44. The standard InChI is InChI=1S/C3H8O.2ClH.Zn/c1-3(2)4;;;/h3-4H,1-2H3;2*1H;/q;;;+2/p-2. The number of rotatable bonds is 0. The van der Waals surface area contributed by atoms with E-state index in [4.69, 9.17) is 24.5 Å². The van der Waals surface area contributed by atoms with Crippen LogP contribution >= 0.6 is 19.4 Å². The zero-order valence-electron chi connectivity index (χ0n) is 4.49. The molecule has 0 unspecified atom stereocenters. The molecule has 4 heteroatoms. The van der Waals surface area contributed by atoms with E-state index in [9.17, 15) is 0 Å². The monoisotopic (exact) mass is 194 g/mol. The van der Waals surface area contributed by atoms with E-state index >= 15 is 0 Å². The molecule has 0 aromatic heterocycles. The van der Waals surface area contributed by atoms with E-state index in [-0.39, 0.29) is 6.10 Å². The van der Waals surface area contributed by atoms with Crippen molar-refractivity contribution in [2.75, 3.05) is 0 Å². The van der Waals surface area contributed by atoms with Crippen molar-refractivity contribution in [1.29, 1.82) is 0 Å². The maximum absolute atomic E-state index is 8.06. The first-order valence-corrected chi connectivity index (χ1v) is 9.75. The second-order valence-electron chi connectivity index (χ2n) is 1.19. The molecule has 0 saturated carbocycles. The molecule has 0 atom stereocenters. The van der Waals surface area contributed by atoms with Crippen molar-refractivity contribution < 1.29 is 20.3 Å². The van der Waals surface area contributed by atoms with Crippen LogP contribution in [-0.2, 0) is 15.1 Å². The van der Waals surface area contributed by atoms with E-state index in [0.29, 0.717) is 0 Å². The van der Waals surface area contributed by atoms with E-state index in [0.717, 1.165) is 0 Å². The van der Waals surface area contributed by atoms with Gasteiger partial charge >= 0.3 is 34.5 Å². The van der Waals surface area contributed by atoms with Crippen molar-refractivity contribution in [3.63, 3.8) is 0 Å². The van der Waals surface area contributed by atoms with E-state index in [1.165, 1.54) is 0 Å². The molecular formula is C3H8Cl2OZn. The first-order valence-electron chi connectivity index (χ1n) is 1.95. The van der Waals surface area contributed by atoms with E-state index in [1.807, 2.05) is 0 Å². The van der Waals surface area contributed by atoms with Crippen molar-refractivity contribution in [1.82, 2.24) is 0 Å². The second-order valence-corrected chi connectivity index (χ2v) is 5.82. The van der Waals surface area contributed by atoms with Crippen molar-refractivity contribution in [2.24, 2.45) is 0 Å². The van der Waals surface area contributed by atoms with Gasteiger partial charge in [-0.3, -0.25) is 0 Å². The summed E-state index contributed by atoms with van der Waals surface area (Å²) < 4.78 is 0. The van der Waals surface area contributed by atoms with Gasteiger partial charge in [0.2, 0.25) is 0 Å². The summed E-state index contributed by atoms with van der Waals surface area (Å²) in [6.07, 6.45) is -0.167. The van der Waals surface area contributed by atoms with Gasteiger partial charge in [-0.15, -0.1) is 0 Å². The van der Waals surface area contributed by atoms with Crippen molar-refractivity contribution in [2.45, 2.75) is 20.0 Å². The summed E-state index contributed by atoms with van der Waals surface area (Å²) in [5, 5.41) is 8.06. The van der Waals surface area contributed by atoms with Crippen LogP contribution in [-0.4, -0.2) is 11.2 Å². The number of hydrogen-bond donors (Lipinski definition) is 1. The van der Waals surface area contributed by atoms with Gasteiger partial charge in [0.15, 0.2) is 0 Å². The summed E-state index contributed by atoms with van der Waals surface area (Å²) in [5.41, 5.74) is 0. The molecule has 0 radical (unpaired) electrons. The Bertz CT molecular complexity index is 24.1. The first-order chi connectivity index (χ1) is 3.15. The van der Waals surface area contributed by atoms with Crippen LogP contribution < -0.4 is 0 Å². The van der Waals surface area contributed by atoms with Crippen LogP contribution in [0.15, 0.2) is 0 Å². The molecule has 0 aromatic rings. The fraction of sp³-hybridized carbons (Fsp3) is 1.00. The second kappa shape index (κ2) is 10.2. The summed E-state index contributed by atoms with van der Waals surface area (Å²) in [6, 6.07) is 0. The third-order valence-electron chi connectivity index (χ3n) is 0. The molecular weight excluding hydrogens is 188 g/mol. The Morgan fingerprint density at radius 1 is 1.43 bits per heavy atom. The molecule has 0 amide bonds. The maximum atomic E-state index is 8.06. The third-order valence-corrected chi connectivity index (χ3v) is 0. The minimum atomic E-state index is -0.931. The molecule has 0 spiro atoms. The first kappa shape index (κ1) is 11.0. The van der Waals surface area contributed by atoms with Gasteiger partial charge < -0.3 is 5.11 Å². The van der Waals surface area contributed by atoms with Gasteiger partial charge in [0.05, 0.1) is 0 Å².